The van der Waals surface area contributed by atoms with Crippen molar-refractivity contribution < 1.29 is 43.3 Å². The van der Waals surface area contributed by atoms with Crippen LogP contribution < -0.4 is 32.6 Å². The van der Waals surface area contributed by atoms with E-state index in [2.05, 4.69) is 63.1 Å². The van der Waals surface area contributed by atoms with Crippen LogP contribution in [0.2, 0.25) is 0 Å². The van der Waals surface area contributed by atoms with Gasteiger partial charge in [0.25, 0.3) is 11.5 Å². The van der Waals surface area contributed by atoms with Gasteiger partial charge in [-0.25, -0.2) is 0 Å². The molecule has 1 saturated carbocycles. The SMILES string of the molecule is CC(C)(C)C=O.CC(CC(=O)NC(CSC1CCC1SCC(C=O)NC(C)(C)C)C(=O)NCCOCCO)OCC(C)(C)C.COCCCNC(=O)C1=CCC(CCc2c[nH]c3nc(N)[nH]c(=O)c23)C=C1. The topological polar surface area (TPSA) is 269 Å². The molecule has 20 heteroatoms. The van der Waals surface area contributed by atoms with E-state index in [0.29, 0.717) is 77.4 Å². The Kier molecular flexibility index (Phi) is 28.6. The van der Waals surface area contributed by atoms with E-state index >= 15 is 0 Å². The molecule has 9 N–H and O–H groups in total. The normalized spacial score (nSPS) is 18.0. The quantitative estimate of drug-likeness (QED) is 0.0430. The number of ether oxygens (including phenoxy) is 3. The number of aromatic nitrogens is 3. The fraction of sp³-hybridized carbons (Fsp3) is 0.706. The largest absolute Gasteiger partial charge is 0.394 e. The van der Waals surface area contributed by atoms with Crippen molar-refractivity contribution in [2.45, 2.75) is 148 Å². The van der Waals surface area contributed by atoms with Gasteiger partial charge in [0.1, 0.15) is 24.3 Å². The Bertz CT molecular complexity index is 2060. The van der Waals surface area contributed by atoms with Gasteiger partial charge in [0.2, 0.25) is 17.8 Å². The van der Waals surface area contributed by atoms with E-state index in [4.69, 9.17) is 25.1 Å². The van der Waals surface area contributed by atoms with Crippen molar-refractivity contribution in [3.8, 4) is 0 Å². The van der Waals surface area contributed by atoms with E-state index in [1.807, 2.05) is 66.8 Å². The third kappa shape index (κ3) is 27.0. The number of hydrogen-bond acceptors (Lipinski definition) is 15. The first-order valence-electron chi connectivity index (χ1n) is 24.7. The number of nitrogens with zero attached hydrogens (tertiary/aromatic N) is 1. The van der Waals surface area contributed by atoms with Gasteiger partial charge < -0.3 is 60.9 Å². The summed E-state index contributed by atoms with van der Waals surface area (Å²) in [5.74, 6) is 1.10. The molecule has 2 aromatic rings. The van der Waals surface area contributed by atoms with Crippen LogP contribution in [-0.4, -0.2) is 149 Å². The first-order chi connectivity index (χ1) is 33.4. The summed E-state index contributed by atoms with van der Waals surface area (Å²) in [6.07, 6.45) is 14.9. The third-order valence-electron chi connectivity index (χ3n) is 10.6. The van der Waals surface area contributed by atoms with Gasteiger partial charge >= 0.3 is 0 Å². The number of rotatable bonds is 27. The number of aldehydes is 2. The molecule has 0 radical (unpaired) electrons. The lowest BCUT2D eigenvalue weighted by molar-refractivity contribution is -0.130. The molecule has 2 aromatic heterocycles. The lowest BCUT2D eigenvalue weighted by Crippen LogP contribution is -2.50. The zero-order chi connectivity index (χ0) is 53.2. The monoisotopic (exact) mass is 1030 g/mol. The van der Waals surface area contributed by atoms with Crippen LogP contribution >= 0.6 is 23.5 Å². The number of aliphatic hydroxyl groups excluding tert-OH is 1. The first kappa shape index (κ1) is 63.1. The minimum Gasteiger partial charge on any atom is -0.394 e. The number of aryl methyl sites for hydroxylation is 1. The number of hydrogen-bond donors (Lipinski definition) is 8. The van der Waals surface area contributed by atoms with E-state index < -0.39 is 6.04 Å². The number of carbonyl (C=O) groups excluding carboxylic acids is 5. The summed E-state index contributed by atoms with van der Waals surface area (Å²) >= 11 is 3.50. The van der Waals surface area contributed by atoms with Crippen LogP contribution in [0.5, 0.6) is 0 Å². The third-order valence-corrected chi connectivity index (χ3v) is 13.9. The lowest BCUT2D eigenvalue weighted by Gasteiger charge is -2.37. The minimum atomic E-state index is -0.670. The molecule has 6 unspecified atom stereocenters. The van der Waals surface area contributed by atoms with Crippen LogP contribution in [0.1, 0.15) is 113 Å². The highest BCUT2D eigenvalue weighted by atomic mass is 32.2. The summed E-state index contributed by atoms with van der Waals surface area (Å²) in [6, 6.07) is -0.865. The summed E-state index contributed by atoms with van der Waals surface area (Å²) in [4.78, 5) is 80.8. The number of anilines is 1. The van der Waals surface area contributed by atoms with Gasteiger partial charge in [-0.2, -0.15) is 28.5 Å². The molecule has 71 heavy (non-hydrogen) atoms. The molecule has 2 aliphatic rings. The van der Waals surface area contributed by atoms with Gasteiger partial charge in [0.05, 0.1) is 50.4 Å². The average molecular weight is 1040 g/mol. The van der Waals surface area contributed by atoms with Crippen LogP contribution in [0.25, 0.3) is 11.0 Å². The molecular formula is C51H86N8O10S2. The zero-order valence-electron chi connectivity index (χ0n) is 44.2. The molecule has 2 heterocycles. The van der Waals surface area contributed by atoms with Crippen LogP contribution in [0, 0.1) is 16.7 Å². The molecule has 2 aliphatic carbocycles. The lowest BCUT2D eigenvalue weighted by atomic mass is 9.91. The van der Waals surface area contributed by atoms with Crippen molar-refractivity contribution in [1.82, 2.24) is 36.2 Å². The number of nitrogens with one attached hydrogen (secondary N) is 6. The highest BCUT2D eigenvalue weighted by molar-refractivity contribution is 8.04. The Morgan fingerprint density at radius 3 is 2.23 bits per heavy atom. The van der Waals surface area contributed by atoms with Crippen LogP contribution in [-0.2, 0) is 44.6 Å². The minimum absolute atomic E-state index is 0.00770. The molecule has 0 bridgehead atoms. The van der Waals surface area contributed by atoms with Crippen LogP contribution in [0.15, 0.2) is 34.8 Å². The molecule has 6 atom stereocenters. The van der Waals surface area contributed by atoms with Gasteiger partial charge in [-0.15, -0.1) is 0 Å². The van der Waals surface area contributed by atoms with Crippen molar-refractivity contribution in [1.29, 1.82) is 0 Å². The molecule has 3 amide bonds. The summed E-state index contributed by atoms with van der Waals surface area (Å²) in [5.41, 5.74) is 7.23. The highest BCUT2D eigenvalue weighted by Crippen LogP contribution is 2.40. The highest BCUT2D eigenvalue weighted by Gasteiger charge is 2.34. The second-order valence-corrected chi connectivity index (χ2v) is 23.8. The Balaban J connectivity index is 0.000000453. The van der Waals surface area contributed by atoms with Gasteiger partial charge in [-0.3, -0.25) is 24.2 Å². The zero-order valence-corrected chi connectivity index (χ0v) is 45.8. The standard InChI is InChI=1S/C27H51N3O6S2.C19H25N5O3.C5H10O/c1-19(36-18-26(2,3)4)14-24(33)29-21(25(34)28-10-12-35-13-11-31)17-38-23-9-8-22(23)37-16-20(15-32)30-27(5,6)7;1-27-10-2-9-21-17(25)13-6-3-12(4-7-13)5-8-14-11-22-16-15(14)18(26)24-19(20)23-16;1-5(2,3)4-6/h15,19-23,30-31H,8-14,16-18H2,1-7H3,(H,28,34)(H,29,33);3,6-7,11-12H,2,4-5,8-10H2,1H3,(H,21,25)(H4,20,22,23,24,26);4H,1-3H3. The summed E-state index contributed by atoms with van der Waals surface area (Å²) < 4.78 is 16.0. The number of amides is 3. The second kappa shape index (κ2) is 32.2. The number of thioether (sulfide) groups is 2. The van der Waals surface area contributed by atoms with Crippen molar-refractivity contribution in [3.05, 3.63) is 45.9 Å². The molecule has 0 aromatic carbocycles. The number of fused-ring (bicyclic) bond motifs is 1. The summed E-state index contributed by atoms with van der Waals surface area (Å²) in [5, 5.41) is 22.1. The van der Waals surface area contributed by atoms with E-state index in [1.54, 1.807) is 30.6 Å². The number of nitrogens with two attached hydrogens (primary N) is 1. The Hall–Kier alpha value is -4.05. The maximum Gasteiger partial charge on any atom is 0.262 e. The number of nitrogen functional groups attached to an aromatic ring is 1. The average Bonchev–Trinajstić information content (AvgIpc) is 3.70. The predicted octanol–water partition coefficient (Wildman–Crippen LogP) is 5.04. The summed E-state index contributed by atoms with van der Waals surface area (Å²) in [6.45, 7) is 22.4. The fourth-order valence-electron chi connectivity index (χ4n) is 6.85. The van der Waals surface area contributed by atoms with Gasteiger partial charge in [-0.05, 0) is 83.1 Å². The number of carbonyl (C=O) groups is 5. The van der Waals surface area contributed by atoms with Gasteiger partial charge in [-0.1, -0.05) is 59.8 Å². The number of aliphatic hydroxyl groups is 1. The van der Waals surface area contributed by atoms with Crippen molar-refractivity contribution >= 4 is 70.8 Å². The van der Waals surface area contributed by atoms with Crippen LogP contribution in [0.3, 0.4) is 0 Å². The molecule has 1 fully saturated rings. The Morgan fingerprint density at radius 1 is 0.986 bits per heavy atom. The van der Waals surface area contributed by atoms with Gasteiger partial charge in [0, 0.05) is 71.5 Å². The molecule has 402 valence electrons. The van der Waals surface area contributed by atoms with Gasteiger partial charge in [0.15, 0.2) is 0 Å². The van der Waals surface area contributed by atoms with E-state index in [1.165, 1.54) is 0 Å². The Morgan fingerprint density at radius 2 is 1.66 bits per heavy atom. The van der Waals surface area contributed by atoms with E-state index in [0.717, 1.165) is 56.7 Å². The van der Waals surface area contributed by atoms with Crippen LogP contribution in [0.4, 0.5) is 5.95 Å². The number of allylic oxidation sites excluding steroid dienone is 2. The van der Waals surface area contributed by atoms with Crippen molar-refractivity contribution in [2.24, 2.45) is 16.7 Å². The number of methoxy groups -OCH3 is 1. The van der Waals surface area contributed by atoms with Crippen molar-refractivity contribution in [2.75, 3.05) is 70.5 Å². The molecular weight excluding hydrogens is 949 g/mol. The second-order valence-electron chi connectivity index (χ2n) is 21.2. The Labute approximate surface area is 430 Å². The molecule has 0 spiro atoms. The predicted molar refractivity (Wildman–Crippen MR) is 287 cm³/mol. The molecule has 18 nitrogen and oxygen atoms in total. The maximum atomic E-state index is 12.9. The van der Waals surface area contributed by atoms with E-state index in [-0.39, 0.29) is 77.4 Å². The fourth-order valence-corrected chi connectivity index (χ4v) is 9.92. The van der Waals surface area contributed by atoms with E-state index in [9.17, 15) is 28.8 Å². The maximum absolute atomic E-state index is 12.9. The molecule has 0 saturated heterocycles. The van der Waals surface area contributed by atoms with Crippen molar-refractivity contribution in [3.63, 3.8) is 0 Å². The first-order valence-corrected chi connectivity index (χ1v) is 26.8. The smallest absolute Gasteiger partial charge is 0.262 e. The number of H-pyrrole nitrogens is 2. The molecule has 4 rings (SSSR count). The summed E-state index contributed by atoms with van der Waals surface area (Å²) in [7, 11) is 1.65. The number of aromatic amines is 2. The molecule has 0 aliphatic heterocycles.